The van der Waals surface area contributed by atoms with Crippen LogP contribution in [0.1, 0.15) is 19.3 Å². The molecule has 18 heavy (non-hydrogen) atoms. The van der Waals surface area contributed by atoms with E-state index < -0.39 is 0 Å². The van der Waals surface area contributed by atoms with E-state index in [-0.39, 0.29) is 36.1 Å². The van der Waals surface area contributed by atoms with Gasteiger partial charge in [0.15, 0.2) is 0 Å². The van der Waals surface area contributed by atoms with E-state index in [4.69, 9.17) is 0 Å². The molecule has 3 aliphatic rings. The van der Waals surface area contributed by atoms with Crippen molar-refractivity contribution < 1.29 is 14.4 Å². The molecule has 0 aromatic carbocycles. The second-order valence-electron chi connectivity index (χ2n) is 5.94. The Kier molecular flexibility index (Phi) is 2.47. The van der Waals surface area contributed by atoms with E-state index in [1.165, 1.54) is 9.80 Å². The summed E-state index contributed by atoms with van der Waals surface area (Å²) in [4.78, 5) is 38.8. The first-order valence-corrected chi connectivity index (χ1v) is 6.56. The SMILES string of the molecule is CN(C)C(=O)CN1C(=O)[C@@H]2[C@H]3CC[C@@H](C3)[C@@H]2C1=O. The van der Waals surface area contributed by atoms with Crippen molar-refractivity contribution in [1.82, 2.24) is 9.80 Å². The standard InChI is InChI=1S/C13H18N2O3/c1-14(2)9(16)6-15-12(17)10-7-3-4-8(5-7)11(10)13(15)18/h7-8,10-11H,3-6H2,1-2H3/t7-,8-,10-,11+/m0/s1. The van der Waals surface area contributed by atoms with Gasteiger partial charge in [-0.15, -0.1) is 0 Å². The Morgan fingerprint density at radius 1 is 1.17 bits per heavy atom. The molecule has 0 radical (unpaired) electrons. The smallest absolute Gasteiger partial charge is 0.242 e. The van der Waals surface area contributed by atoms with Gasteiger partial charge in [-0.1, -0.05) is 0 Å². The van der Waals surface area contributed by atoms with Crippen LogP contribution in [0.25, 0.3) is 0 Å². The van der Waals surface area contributed by atoms with E-state index >= 15 is 0 Å². The van der Waals surface area contributed by atoms with Crippen molar-refractivity contribution in [2.75, 3.05) is 20.6 Å². The molecule has 3 rings (SSSR count). The summed E-state index contributed by atoms with van der Waals surface area (Å²) >= 11 is 0. The maximum Gasteiger partial charge on any atom is 0.242 e. The van der Waals surface area contributed by atoms with Crippen LogP contribution >= 0.6 is 0 Å². The van der Waals surface area contributed by atoms with Crippen LogP contribution < -0.4 is 0 Å². The number of fused-ring (bicyclic) bond motifs is 5. The zero-order valence-electron chi connectivity index (χ0n) is 10.8. The zero-order chi connectivity index (χ0) is 13.0. The number of amides is 3. The zero-order valence-corrected chi connectivity index (χ0v) is 10.8. The van der Waals surface area contributed by atoms with E-state index in [0.29, 0.717) is 11.8 Å². The molecule has 2 aliphatic carbocycles. The molecule has 3 fully saturated rings. The Labute approximate surface area is 106 Å². The van der Waals surface area contributed by atoms with Gasteiger partial charge in [0, 0.05) is 14.1 Å². The van der Waals surface area contributed by atoms with Crippen molar-refractivity contribution in [3.05, 3.63) is 0 Å². The lowest BCUT2D eigenvalue weighted by molar-refractivity contribution is -0.146. The number of carbonyl (C=O) groups is 3. The highest BCUT2D eigenvalue weighted by molar-refractivity contribution is 6.08. The fourth-order valence-corrected chi connectivity index (χ4v) is 3.90. The number of hydrogen-bond donors (Lipinski definition) is 0. The van der Waals surface area contributed by atoms with Crippen molar-refractivity contribution in [2.45, 2.75) is 19.3 Å². The largest absolute Gasteiger partial charge is 0.347 e. The van der Waals surface area contributed by atoms with Gasteiger partial charge in [0.1, 0.15) is 6.54 Å². The van der Waals surface area contributed by atoms with Gasteiger partial charge in [-0.2, -0.15) is 0 Å². The Hall–Kier alpha value is -1.39. The van der Waals surface area contributed by atoms with E-state index in [1.54, 1.807) is 14.1 Å². The Morgan fingerprint density at radius 3 is 2.11 bits per heavy atom. The highest BCUT2D eigenvalue weighted by Gasteiger charge is 2.60. The number of imide groups is 1. The van der Waals surface area contributed by atoms with Crippen molar-refractivity contribution in [2.24, 2.45) is 23.7 Å². The van der Waals surface area contributed by atoms with Crippen LogP contribution in [-0.2, 0) is 14.4 Å². The topological polar surface area (TPSA) is 57.7 Å². The number of rotatable bonds is 2. The molecule has 5 heteroatoms. The van der Waals surface area contributed by atoms with Gasteiger partial charge in [-0.25, -0.2) is 0 Å². The third-order valence-corrected chi connectivity index (χ3v) is 4.81. The number of carbonyl (C=O) groups excluding carboxylic acids is 3. The summed E-state index contributed by atoms with van der Waals surface area (Å²) < 4.78 is 0. The first kappa shape index (κ1) is 11.7. The molecule has 1 aliphatic heterocycles. The summed E-state index contributed by atoms with van der Waals surface area (Å²) in [5.74, 6) is 0.132. The molecule has 0 aromatic heterocycles. The van der Waals surface area contributed by atoms with Gasteiger partial charge >= 0.3 is 0 Å². The Morgan fingerprint density at radius 2 is 1.67 bits per heavy atom. The lowest BCUT2D eigenvalue weighted by Gasteiger charge is -2.19. The molecule has 3 amide bonds. The maximum absolute atomic E-state index is 12.3. The summed E-state index contributed by atoms with van der Waals surface area (Å²) in [7, 11) is 3.27. The summed E-state index contributed by atoms with van der Waals surface area (Å²) in [5.41, 5.74) is 0. The minimum Gasteiger partial charge on any atom is -0.347 e. The van der Waals surface area contributed by atoms with Crippen LogP contribution in [0.5, 0.6) is 0 Å². The molecule has 98 valence electrons. The van der Waals surface area contributed by atoms with Crippen LogP contribution in [0.15, 0.2) is 0 Å². The molecule has 0 N–H and O–H groups in total. The highest BCUT2D eigenvalue weighted by Crippen LogP contribution is 2.55. The Bertz CT molecular complexity index is 404. The van der Waals surface area contributed by atoms with Crippen LogP contribution in [0, 0.1) is 23.7 Å². The molecule has 0 unspecified atom stereocenters. The van der Waals surface area contributed by atoms with Gasteiger partial charge in [0.05, 0.1) is 11.8 Å². The quantitative estimate of drug-likeness (QED) is 0.653. The molecule has 2 saturated carbocycles. The predicted molar refractivity (Wildman–Crippen MR) is 63.2 cm³/mol. The molecule has 2 bridgehead atoms. The molecule has 1 saturated heterocycles. The van der Waals surface area contributed by atoms with Crippen molar-refractivity contribution >= 4 is 17.7 Å². The predicted octanol–water partition coefficient (Wildman–Crippen LogP) is 0.106. The van der Waals surface area contributed by atoms with Gasteiger partial charge < -0.3 is 4.90 Å². The van der Waals surface area contributed by atoms with E-state index in [1.807, 2.05) is 0 Å². The number of likely N-dealkylation sites (tertiary alicyclic amines) is 1. The van der Waals surface area contributed by atoms with Crippen LogP contribution in [0.4, 0.5) is 0 Å². The van der Waals surface area contributed by atoms with Crippen LogP contribution in [0.2, 0.25) is 0 Å². The highest BCUT2D eigenvalue weighted by atomic mass is 16.2. The normalized spacial score (nSPS) is 37.3. The summed E-state index contributed by atoms with van der Waals surface area (Å²) in [6.45, 7) is -0.0862. The van der Waals surface area contributed by atoms with Crippen molar-refractivity contribution in [3.63, 3.8) is 0 Å². The lowest BCUT2D eigenvalue weighted by Crippen LogP contribution is -2.41. The second kappa shape index (κ2) is 3.80. The van der Waals surface area contributed by atoms with E-state index in [0.717, 1.165) is 19.3 Å². The van der Waals surface area contributed by atoms with Crippen LogP contribution in [0.3, 0.4) is 0 Å². The van der Waals surface area contributed by atoms with Gasteiger partial charge in [-0.05, 0) is 31.1 Å². The number of likely N-dealkylation sites (N-methyl/N-ethyl adjacent to an activating group) is 1. The van der Waals surface area contributed by atoms with Crippen molar-refractivity contribution in [1.29, 1.82) is 0 Å². The molecular formula is C13H18N2O3. The third-order valence-electron chi connectivity index (χ3n) is 4.81. The average molecular weight is 250 g/mol. The molecule has 5 nitrogen and oxygen atoms in total. The van der Waals surface area contributed by atoms with Crippen LogP contribution in [-0.4, -0.2) is 48.2 Å². The van der Waals surface area contributed by atoms with Gasteiger partial charge in [0.2, 0.25) is 17.7 Å². The molecule has 1 heterocycles. The van der Waals surface area contributed by atoms with E-state index in [9.17, 15) is 14.4 Å². The lowest BCUT2D eigenvalue weighted by atomic mass is 9.81. The average Bonchev–Trinajstić information content (AvgIpc) is 2.98. The van der Waals surface area contributed by atoms with Gasteiger partial charge in [-0.3, -0.25) is 19.3 Å². The summed E-state index contributed by atoms with van der Waals surface area (Å²) in [5, 5.41) is 0. The molecule has 0 aromatic rings. The monoisotopic (exact) mass is 250 g/mol. The third kappa shape index (κ3) is 1.42. The van der Waals surface area contributed by atoms with E-state index in [2.05, 4.69) is 0 Å². The number of hydrogen-bond acceptors (Lipinski definition) is 3. The molecule has 4 atom stereocenters. The second-order valence-corrected chi connectivity index (χ2v) is 5.94. The first-order valence-electron chi connectivity index (χ1n) is 6.56. The fraction of sp³-hybridized carbons (Fsp3) is 0.769. The maximum atomic E-state index is 12.3. The molecule has 0 spiro atoms. The van der Waals surface area contributed by atoms with Gasteiger partial charge in [0.25, 0.3) is 0 Å². The fourth-order valence-electron chi connectivity index (χ4n) is 3.90. The molecular weight excluding hydrogens is 232 g/mol. The minimum atomic E-state index is -0.191. The summed E-state index contributed by atoms with van der Waals surface area (Å²) in [6, 6.07) is 0. The Balaban J connectivity index is 1.80. The minimum absolute atomic E-state index is 0.0862. The first-order chi connectivity index (χ1) is 8.50. The van der Waals surface area contributed by atoms with Crippen molar-refractivity contribution in [3.8, 4) is 0 Å². The number of nitrogens with zero attached hydrogens (tertiary/aromatic N) is 2. The summed E-state index contributed by atoms with van der Waals surface area (Å²) in [6.07, 6.45) is 3.17.